The van der Waals surface area contributed by atoms with Crippen molar-refractivity contribution >= 4 is 12.3 Å². The predicted octanol–water partition coefficient (Wildman–Crippen LogP) is 0.384. The van der Waals surface area contributed by atoms with E-state index in [2.05, 4.69) is 4.74 Å². The molecule has 0 N–H and O–H groups in total. The van der Waals surface area contributed by atoms with Gasteiger partial charge in [0.15, 0.2) is 0 Å². The number of esters is 1. The maximum Gasteiger partial charge on any atom is 0.305 e. The molecule has 3 heteroatoms. The second-order valence-electron chi connectivity index (χ2n) is 2.58. The van der Waals surface area contributed by atoms with Gasteiger partial charge in [0.25, 0.3) is 0 Å². The van der Waals surface area contributed by atoms with E-state index in [0.29, 0.717) is 6.42 Å². The molecule has 0 aromatic heterocycles. The van der Waals surface area contributed by atoms with Crippen molar-refractivity contribution in [3.8, 4) is 0 Å². The van der Waals surface area contributed by atoms with Crippen molar-refractivity contribution in [3.05, 3.63) is 0 Å². The zero-order chi connectivity index (χ0) is 7.56. The zero-order valence-electron chi connectivity index (χ0n) is 5.87. The second-order valence-corrected chi connectivity index (χ2v) is 2.58. The number of hydrogen-bond acceptors (Lipinski definition) is 3. The number of hydrogen-bond donors (Lipinski definition) is 0. The molecule has 0 radical (unpaired) electrons. The van der Waals surface area contributed by atoms with Gasteiger partial charge in [-0.15, -0.1) is 0 Å². The molecule has 1 fully saturated rings. The third kappa shape index (κ3) is 1.56. The van der Waals surface area contributed by atoms with Crippen LogP contribution in [-0.4, -0.2) is 19.4 Å². The minimum atomic E-state index is -0.214. The fourth-order valence-electron chi connectivity index (χ4n) is 0.970. The number of ether oxygens (including phenoxy) is 1. The minimum absolute atomic E-state index is 0.124. The molecule has 0 amide bonds. The highest BCUT2D eigenvalue weighted by atomic mass is 16.5. The largest absolute Gasteiger partial charge is 0.469 e. The van der Waals surface area contributed by atoms with Crippen molar-refractivity contribution in [2.24, 2.45) is 11.8 Å². The molecule has 3 nitrogen and oxygen atoms in total. The molecular formula is C7H10O3. The molecule has 0 aromatic rings. The number of aldehydes is 1. The SMILES string of the molecule is COC(=O)CC1CC1C=O. The van der Waals surface area contributed by atoms with Crippen LogP contribution in [0.2, 0.25) is 0 Å². The Hall–Kier alpha value is -0.860. The molecule has 2 unspecified atom stereocenters. The first kappa shape index (κ1) is 7.25. The van der Waals surface area contributed by atoms with E-state index in [9.17, 15) is 9.59 Å². The van der Waals surface area contributed by atoms with Gasteiger partial charge in [0, 0.05) is 12.3 Å². The minimum Gasteiger partial charge on any atom is -0.469 e. The average Bonchev–Trinajstić information content (AvgIpc) is 2.67. The van der Waals surface area contributed by atoms with Crippen LogP contribution in [0, 0.1) is 11.8 Å². The molecule has 1 aliphatic carbocycles. The van der Waals surface area contributed by atoms with E-state index in [1.54, 1.807) is 0 Å². The summed E-state index contributed by atoms with van der Waals surface area (Å²) in [7, 11) is 1.36. The van der Waals surface area contributed by atoms with Gasteiger partial charge in [0.1, 0.15) is 6.29 Å². The fraction of sp³-hybridized carbons (Fsp3) is 0.714. The van der Waals surface area contributed by atoms with Gasteiger partial charge >= 0.3 is 5.97 Å². The van der Waals surface area contributed by atoms with Crippen LogP contribution in [0.5, 0.6) is 0 Å². The van der Waals surface area contributed by atoms with E-state index in [0.717, 1.165) is 12.7 Å². The summed E-state index contributed by atoms with van der Waals surface area (Å²) in [6.45, 7) is 0. The summed E-state index contributed by atoms with van der Waals surface area (Å²) in [6, 6.07) is 0. The van der Waals surface area contributed by atoms with Crippen LogP contribution in [0.25, 0.3) is 0 Å². The van der Waals surface area contributed by atoms with E-state index in [1.807, 2.05) is 0 Å². The lowest BCUT2D eigenvalue weighted by Crippen LogP contribution is -2.01. The molecule has 10 heavy (non-hydrogen) atoms. The van der Waals surface area contributed by atoms with Crippen molar-refractivity contribution in [1.29, 1.82) is 0 Å². The van der Waals surface area contributed by atoms with Gasteiger partial charge in [0.2, 0.25) is 0 Å². The summed E-state index contributed by atoms with van der Waals surface area (Å²) < 4.78 is 4.44. The predicted molar refractivity (Wildman–Crippen MR) is 34.3 cm³/mol. The lowest BCUT2D eigenvalue weighted by molar-refractivity contribution is -0.141. The van der Waals surface area contributed by atoms with Crippen molar-refractivity contribution in [3.63, 3.8) is 0 Å². The summed E-state index contributed by atoms with van der Waals surface area (Å²) in [5.74, 6) is 0.179. The summed E-state index contributed by atoms with van der Waals surface area (Å²) in [5.41, 5.74) is 0. The summed E-state index contributed by atoms with van der Waals surface area (Å²) in [4.78, 5) is 20.7. The van der Waals surface area contributed by atoms with Crippen LogP contribution in [0.1, 0.15) is 12.8 Å². The standard InChI is InChI=1S/C7H10O3/c1-10-7(9)3-5-2-6(5)4-8/h4-6H,2-3H2,1H3. The third-order valence-corrected chi connectivity index (χ3v) is 1.81. The molecule has 2 atom stereocenters. The van der Waals surface area contributed by atoms with E-state index < -0.39 is 0 Å². The Bertz CT molecular complexity index is 153. The van der Waals surface area contributed by atoms with E-state index >= 15 is 0 Å². The van der Waals surface area contributed by atoms with Crippen molar-refractivity contribution < 1.29 is 14.3 Å². The highest BCUT2D eigenvalue weighted by Gasteiger charge is 2.38. The molecular weight excluding hydrogens is 132 g/mol. The van der Waals surface area contributed by atoms with Crippen LogP contribution >= 0.6 is 0 Å². The summed E-state index contributed by atoms with van der Waals surface area (Å²) >= 11 is 0. The molecule has 1 aliphatic rings. The van der Waals surface area contributed by atoms with Crippen molar-refractivity contribution in [2.75, 3.05) is 7.11 Å². The second kappa shape index (κ2) is 2.82. The summed E-state index contributed by atoms with van der Waals surface area (Å²) in [5, 5.41) is 0. The van der Waals surface area contributed by atoms with Crippen LogP contribution < -0.4 is 0 Å². The van der Waals surface area contributed by atoms with E-state index in [-0.39, 0.29) is 17.8 Å². The lowest BCUT2D eigenvalue weighted by atomic mass is 10.2. The first-order valence-corrected chi connectivity index (χ1v) is 3.30. The van der Waals surface area contributed by atoms with Gasteiger partial charge in [-0.05, 0) is 12.3 Å². The molecule has 0 bridgehead atoms. The van der Waals surface area contributed by atoms with E-state index in [4.69, 9.17) is 0 Å². The monoisotopic (exact) mass is 142 g/mol. The first-order chi connectivity index (χ1) is 4.77. The Kier molecular flexibility index (Phi) is 2.04. The van der Waals surface area contributed by atoms with Gasteiger partial charge < -0.3 is 9.53 Å². The molecule has 0 spiro atoms. The molecule has 56 valence electrons. The van der Waals surface area contributed by atoms with Crippen LogP contribution in [0.15, 0.2) is 0 Å². The number of carbonyl (C=O) groups is 2. The van der Waals surface area contributed by atoms with Crippen LogP contribution in [-0.2, 0) is 14.3 Å². The molecule has 0 heterocycles. The maximum atomic E-state index is 10.6. The quantitative estimate of drug-likeness (QED) is 0.422. The van der Waals surface area contributed by atoms with Crippen LogP contribution in [0.4, 0.5) is 0 Å². The Balaban J connectivity index is 2.17. The van der Waals surface area contributed by atoms with Gasteiger partial charge in [-0.3, -0.25) is 4.79 Å². The molecule has 1 saturated carbocycles. The highest BCUT2D eigenvalue weighted by molar-refractivity contribution is 5.71. The molecule has 0 aliphatic heterocycles. The average molecular weight is 142 g/mol. The molecule has 0 aromatic carbocycles. The normalized spacial score (nSPS) is 29.3. The smallest absolute Gasteiger partial charge is 0.305 e. The van der Waals surface area contributed by atoms with Gasteiger partial charge in [-0.1, -0.05) is 0 Å². The molecule has 1 rings (SSSR count). The topological polar surface area (TPSA) is 43.4 Å². The maximum absolute atomic E-state index is 10.6. The van der Waals surface area contributed by atoms with Gasteiger partial charge in [-0.2, -0.15) is 0 Å². The number of rotatable bonds is 3. The first-order valence-electron chi connectivity index (χ1n) is 3.30. The Morgan fingerprint density at radius 2 is 2.50 bits per heavy atom. The fourth-order valence-corrected chi connectivity index (χ4v) is 0.970. The van der Waals surface area contributed by atoms with Gasteiger partial charge in [-0.25, -0.2) is 0 Å². The number of methoxy groups -OCH3 is 1. The van der Waals surface area contributed by atoms with Crippen LogP contribution in [0.3, 0.4) is 0 Å². The Labute approximate surface area is 59.4 Å². The van der Waals surface area contributed by atoms with Gasteiger partial charge in [0.05, 0.1) is 7.11 Å². The number of carbonyl (C=O) groups excluding carboxylic acids is 2. The Morgan fingerprint density at radius 1 is 1.80 bits per heavy atom. The van der Waals surface area contributed by atoms with E-state index in [1.165, 1.54) is 7.11 Å². The third-order valence-electron chi connectivity index (χ3n) is 1.81. The summed E-state index contributed by atoms with van der Waals surface area (Å²) in [6.07, 6.45) is 2.17. The highest BCUT2D eigenvalue weighted by Crippen LogP contribution is 2.39. The van der Waals surface area contributed by atoms with Crippen molar-refractivity contribution in [1.82, 2.24) is 0 Å². The Morgan fingerprint density at radius 3 is 2.90 bits per heavy atom. The lowest BCUT2D eigenvalue weighted by Gasteiger charge is -1.93. The molecule has 0 saturated heterocycles. The zero-order valence-corrected chi connectivity index (χ0v) is 5.87. The van der Waals surface area contributed by atoms with Crippen molar-refractivity contribution in [2.45, 2.75) is 12.8 Å².